The molecular weight excluding hydrogens is 292 g/mol. The minimum Gasteiger partial charge on any atom is -0.326 e. The van der Waals surface area contributed by atoms with Crippen LogP contribution in [0.2, 0.25) is 0 Å². The molecule has 0 aliphatic heterocycles. The first-order valence-electron chi connectivity index (χ1n) is 8.59. The van der Waals surface area contributed by atoms with Gasteiger partial charge in [0.05, 0.1) is 4.92 Å². The minimum absolute atomic E-state index is 0.0204. The largest absolute Gasteiger partial charge is 0.326 e. The van der Waals surface area contributed by atoms with E-state index in [0.29, 0.717) is 17.7 Å². The molecule has 1 aromatic rings. The second-order valence-corrected chi connectivity index (χ2v) is 6.03. The van der Waals surface area contributed by atoms with Crippen molar-refractivity contribution in [3.63, 3.8) is 0 Å². The predicted molar refractivity (Wildman–Crippen MR) is 93.7 cm³/mol. The molecule has 0 aromatic heterocycles. The molecule has 5 heteroatoms. The fourth-order valence-electron chi connectivity index (χ4n) is 2.53. The van der Waals surface area contributed by atoms with Crippen molar-refractivity contribution in [1.29, 1.82) is 0 Å². The third kappa shape index (κ3) is 7.77. The zero-order valence-electron chi connectivity index (χ0n) is 14.3. The fourth-order valence-corrected chi connectivity index (χ4v) is 2.53. The average Bonchev–Trinajstić information content (AvgIpc) is 2.51. The van der Waals surface area contributed by atoms with E-state index in [1.54, 1.807) is 13.0 Å². The fraction of sp³-hybridized carbons (Fsp3) is 0.611. The van der Waals surface area contributed by atoms with E-state index in [-0.39, 0.29) is 11.6 Å². The van der Waals surface area contributed by atoms with Gasteiger partial charge in [0.1, 0.15) is 0 Å². The molecular formula is C18H28N2O3. The van der Waals surface area contributed by atoms with Gasteiger partial charge in [-0.05, 0) is 25.0 Å². The lowest BCUT2D eigenvalue weighted by Gasteiger charge is -2.08. The summed E-state index contributed by atoms with van der Waals surface area (Å²) in [5.74, 6) is -0.0204. The maximum absolute atomic E-state index is 11.9. The third-order valence-corrected chi connectivity index (χ3v) is 3.95. The highest BCUT2D eigenvalue weighted by molar-refractivity contribution is 5.91. The Bertz CT molecular complexity index is 515. The zero-order chi connectivity index (χ0) is 17.1. The Morgan fingerprint density at radius 1 is 1.09 bits per heavy atom. The highest BCUT2D eigenvalue weighted by Crippen LogP contribution is 2.21. The van der Waals surface area contributed by atoms with Crippen LogP contribution in [0.5, 0.6) is 0 Å². The van der Waals surface area contributed by atoms with Crippen LogP contribution in [-0.4, -0.2) is 10.8 Å². The summed E-state index contributed by atoms with van der Waals surface area (Å²) in [6.07, 6.45) is 10.1. The van der Waals surface area contributed by atoms with Crippen LogP contribution in [0, 0.1) is 17.0 Å². The Balaban J connectivity index is 2.23. The molecule has 1 rings (SSSR count). The van der Waals surface area contributed by atoms with Crippen molar-refractivity contribution in [3.05, 3.63) is 33.9 Å². The number of non-ortho nitro benzene ring substituents is 1. The number of nitro groups is 1. The molecule has 0 heterocycles. The number of carbonyl (C=O) groups is 1. The monoisotopic (exact) mass is 320 g/mol. The lowest BCUT2D eigenvalue weighted by Crippen LogP contribution is -2.12. The molecule has 0 bridgehead atoms. The number of nitrogens with one attached hydrogen (secondary N) is 1. The number of benzene rings is 1. The Morgan fingerprint density at radius 2 is 1.70 bits per heavy atom. The van der Waals surface area contributed by atoms with Crippen molar-refractivity contribution in [1.82, 2.24) is 0 Å². The lowest BCUT2D eigenvalue weighted by atomic mass is 10.1. The molecule has 128 valence electrons. The van der Waals surface area contributed by atoms with E-state index in [4.69, 9.17) is 0 Å². The van der Waals surface area contributed by atoms with E-state index in [2.05, 4.69) is 12.2 Å². The highest BCUT2D eigenvalue weighted by atomic mass is 16.6. The number of unbranched alkanes of at least 4 members (excludes halogenated alkanes) is 7. The maximum Gasteiger partial charge on any atom is 0.269 e. The summed E-state index contributed by atoms with van der Waals surface area (Å²) < 4.78 is 0. The van der Waals surface area contributed by atoms with Gasteiger partial charge in [0.25, 0.3) is 5.69 Å². The maximum atomic E-state index is 11.9. The first-order chi connectivity index (χ1) is 11.0. The molecule has 23 heavy (non-hydrogen) atoms. The number of nitrogens with zero attached hydrogens (tertiary/aromatic N) is 1. The van der Waals surface area contributed by atoms with Crippen LogP contribution in [-0.2, 0) is 4.79 Å². The molecule has 0 radical (unpaired) electrons. The molecule has 0 spiro atoms. The van der Waals surface area contributed by atoms with Gasteiger partial charge in [-0.2, -0.15) is 0 Å². The number of hydrogen-bond acceptors (Lipinski definition) is 3. The first kappa shape index (κ1) is 19.1. The Kier molecular flexibility index (Phi) is 8.95. The Labute approximate surface area is 138 Å². The van der Waals surface area contributed by atoms with Gasteiger partial charge in [-0.3, -0.25) is 14.9 Å². The van der Waals surface area contributed by atoms with E-state index in [1.165, 1.54) is 50.7 Å². The van der Waals surface area contributed by atoms with Crippen LogP contribution < -0.4 is 5.32 Å². The Hall–Kier alpha value is -1.91. The van der Waals surface area contributed by atoms with Crippen LogP contribution in [0.1, 0.15) is 70.3 Å². The molecule has 5 nitrogen and oxygen atoms in total. The van der Waals surface area contributed by atoms with Gasteiger partial charge in [-0.15, -0.1) is 0 Å². The molecule has 1 N–H and O–H groups in total. The molecule has 1 aromatic carbocycles. The number of hydrogen-bond donors (Lipinski definition) is 1. The van der Waals surface area contributed by atoms with Crippen molar-refractivity contribution < 1.29 is 9.72 Å². The van der Waals surface area contributed by atoms with Gasteiger partial charge in [0.2, 0.25) is 5.91 Å². The molecule has 0 fully saturated rings. The quantitative estimate of drug-likeness (QED) is 0.338. The van der Waals surface area contributed by atoms with Gasteiger partial charge in [-0.1, -0.05) is 51.9 Å². The SMILES string of the molecule is CCCCCCCCCCC(=O)Nc1ccc([N+](=O)[O-])cc1C. The van der Waals surface area contributed by atoms with Gasteiger partial charge in [0.15, 0.2) is 0 Å². The number of aryl methyl sites for hydroxylation is 1. The molecule has 1 amide bonds. The topological polar surface area (TPSA) is 72.2 Å². The molecule has 0 saturated heterocycles. The number of anilines is 1. The van der Waals surface area contributed by atoms with Crippen molar-refractivity contribution in [2.45, 2.75) is 71.6 Å². The summed E-state index contributed by atoms with van der Waals surface area (Å²) in [6, 6.07) is 4.49. The summed E-state index contributed by atoms with van der Waals surface area (Å²) in [7, 11) is 0. The van der Waals surface area contributed by atoms with Crippen LogP contribution in [0.15, 0.2) is 18.2 Å². The number of nitro benzene ring substituents is 1. The van der Waals surface area contributed by atoms with E-state index in [9.17, 15) is 14.9 Å². The van der Waals surface area contributed by atoms with Crippen LogP contribution >= 0.6 is 0 Å². The van der Waals surface area contributed by atoms with Crippen LogP contribution in [0.3, 0.4) is 0 Å². The molecule has 0 aliphatic carbocycles. The van der Waals surface area contributed by atoms with Crippen LogP contribution in [0.25, 0.3) is 0 Å². The van der Waals surface area contributed by atoms with Gasteiger partial charge < -0.3 is 5.32 Å². The van der Waals surface area contributed by atoms with E-state index in [1.807, 2.05) is 0 Å². The normalized spacial score (nSPS) is 10.5. The van der Waals surface area contributed by atoms with Crippen molar-refractivity contribution >= 4 is 17.3 Å². The third-order valence-electron chi connectivity index (χ3n) is 3.95. The molecule has 0 unspecified atom stereocenters. The van der Waals surface area contributed by atoms with Gasteiger partial charge in [0, 0.05) is 24.2 Å². The Morgan fingerprint density at radius 3 is 2.26 bits per heavy atom. The molecule has 0 saturated carbocycles. The second kappa shape index (κ2) is 10.8. The predicted octanol–water partition coefficient (Wildman–Crippen LogP) is 5.37. The summed E-state index contributed by atoms with van der Waals surface area (Å²) in [4.78, 5) is 22.2. The number of amides is 1. The van der Waals surface area contributed by atoms with E-state index >= 15 is 0 Å². The van der Waals surface area contributed by atoms with Crippen LogP contribution in [0.4, 0.5) is 11.4 Å². The smallest absolute Gasteiger partial charge is 0.269 e. The highest BCUT2D eigenvalue weighted by Gasteiger charge is 2.10. The zero-order valence-corrected chi connectivity index (χ0v) is 14.3. The summed E-state index contributed by atoms with van der Waals surface area (Å²) in [5, 5.41) is 13.5. The standard InChI is InChI=1S/C18H28N2O3/c1-3-4-5-6-7-8-9-10-11-18(21)19-17-13-12-16(20(22)23)14-15(17)2/h12-14H,3-11H2,1-2H3,(H,19,21). The van der Waals surface area contributed by atoms with Gasteiger partial charge in [-0.25, -0.2) is 0 Å². The first-order valence-corrected chi connectivity index (χ1v) is 8.59. The number of carbonyl (C=O) groups excluding carboxylic acids is 1. The van der Waals surface area contributed by atoms with E-state index in [0.717, 1.165) is 12.8 Å². The minimum atomic E-state index is -0.431. The summed E-state index contributed by atoms with van der Waals surface area (Å²) >= 11 is 0. The van der Waals surface area contributed by atoms with Crippen molar-refractivity contribution in [2.75, 3.05) is 5.32 Å². The molecule has 0 aliphatic rings. The van der Waals surface area contributed by atoms with E-state index < -0.39 is 4.92 Å². The summed E-state index contributed by atoms with van der Waals surface area (Å²) in [6.45, 7) is 3.98. The number of rotatable bonds is 11. The van der Waals surface area contributed by atoms with Crippen molar-refractivity contribution in [3.8, 4) is 0 Å². The lowest BCUT2D eigenvalue weighted by molar-refractivity contribution is -0.384. The second-order valence-electron chi connectivity index (χ2n) is 6.03. The van der Waals surface area contributed by atoms with Gasteiger partial charge >= 0.3 is 0 Å². The average molecular weight is 320 g/mol. The van der Waals surface area contributed by atoms with Crippen molar-refractivity contribution in [2.24, 2.45) is 0 Å². The molecule has 0 atom stereocenters. The summed E-state index contributed by atoms with van der Waals surface area (Å²) in [5.41, 5.74) is 1.41.